The van der Waals surface area contributed by atoms with Crippen molar-refractivity contribution in [3.05, 3.63) is 34.5 Å². The van der Waals surface area contributed by atoms with Gasteiger partial charge in [-0.25, -0.2) is 4.39 Å². The van der Waals surface area contributed by atoms with E-state index >= 15 is 0 Å². The summed E-state index contributed by atoms with van der Waals surface area (Å²) in [6.07, 6.45) is -5.66. The zero-order valence-corrected chi connectivity index (χ0v) is 13.8. The fraction of sp³-hybridized carbons (Fsp3) is 0.375. The summed E-state index contributed by atoms with van der Waals surface area (Å²) in [5.74, 6) is -3.21. The van der Waals surface area contributed by atoms with E-state index < -0.39 is 42.3 Å². The van der Waals surface area contributed by atoms with Crippen LogP contribution in [0.2, 0.25) is 0 Å². The van der Waals surface area contributed by atoms with E-state index in [1.54, 1.807) is 6.07 Å². The highest BCUT2D eigenvalue weighted by molar-refractivity contribution is 7.21. The predicted molar refractivity (Wildman–Crippen MR) is 83.2 cm³/mol. The highest BCUT2D eigenvalue weighted by Crippen LogP contribution is 2.46. The van der Waals surface area contributed by atoms with Crippen LogP contribution in [0.4, 0.5) is 17.6 Å². The molecule has 1 N–H and O–H groups in total. The molecule has 2 heterocycles. The van der Waals surface area contributed by atoms with Crippen LogP contribution in [0.25, 0.3) is 10.1 Å². The van der Waals surface area contributed by atoms with Crippen LogP contribution < -0.4 is 0 Å². The van der Waals surface area contributed by atoms with Crippen molar-refractivity contribution in [1.29, 1.82) is 0 Å². The number of benzene rings is 1. The lowest BCUT2D eigenvalue weighted by Gasteiger charge is -2.27. The van der Waals surface area contributed by atoms with Crippen molar-refractivity contribution in [3.8, 4) is 0 Å². The largest absolute Gasteiger partial charge is 0.481 e. The average Bonchev–Trinajstić information content (AvgIpc) is 3.10. The summed E-state index contributed by atoms with van der Waals surface area (Å²) in [7, 11) is 0. The van der Waals surface area contributed by atoms with Gasteiger partial charge in [-0.05, 0) is 31.0 Å². The Hall–Kier alpha value is -2.16. The minimum absolute atomic E-state index is 0.128. The second-order valence-electron chi connectivity index (χ2n) is 6.03. The van der Waals surface area contributed by atoms with Crippen molar-refractivity contribution in [2.75, 3.05) is 13.1 Å². The first-order valence-electron chi connectivity index (χ1n) is 7.35. The van der Waals surface area contributed by atoms with Gasteiger partial charge in [-0.1, -0.05) is 6.07 Å². The molecule has 1 atom stereocenters. The van der Waals surface area contributed by atoms with Crippen LogP contribution in [-0.4, -0.2) is 41.1 Å². The summed E-state index contributed by atoms with van der Waals surface area (Å²) >= 11 is 0.989. The summed E-state index contributed by atoms with van der Waals surface area (Å²) in [4.78, 5) is 24.9. The Balaban J connectivity index is 1.97. The Labute approximate surface area is 143 Å². The third-order valence-electron chi connectivity index (χ3n) is 4.61. The summed E-state index contributed by atoms with van der Waals surface area (Å²) < 4.78 is 54.2. The number of fused-ring (bicyclic) bond motifs is 1. The van der Waals surface area contributed by atoms with Gasteiger partial charge in [0.2, 0.25) is 0 Å². The van der Waals surface area contributed by atoms with Gasteiger partial charge in [0.25, 0.3) is 5.91 Å². The molecule has 25 heavy (non-hydrogen) atoms. The molecule has 1 unspecified atom stereocenters. The molecule has 9 heteroatoms. The molecule has 0 spiro atoms. The number of alkyl halides is 3. The number of aryl methyl sites for hydroxylation is 1. The zero-order valence-electron chi connectivity index (χ0n) is 13.0. The number of carboxylic acid groups (broad SMARTS) is 1. The number of hydrogen-bond donors (Lipinski definition) is 1. The Morgan fingerprint density at radius 2 is 2.00 bits per heavy atom. The van der Waals surface area contributed by atoms with E-state index in [2.05, 4.69) is 0 Å². The lowest BCUT2D eigenvalue weighted by atomic mass is 9.86. The summed E-state index contributed by atoms with van der Waals surface area (Å²) in [5.41, 5.74) is -2.61. The lowest BCUT2D eigenvalue weighted by Crippen LogP contribution is -2.47. The Morgan fingerprint density at radius 3 is 2.52 bits per heavy atom. The highest BCUT2D eigenvalue weighted by Gasteiger charge is 2.64. The number of nitrogens with zero attached hydrogens (tertiary/aromatic N) is 1. The molecule has 2 aromatic rings. The van der Waals surface area contributed by atoms with Crippen molar-refractivity contribution in [2.45, 2.75) is 19.5 Å². The summed E-state index contributed by atoms with van der Waals surface area (Å²) in [5, 5.41) is 9.33. The quantitative estimate of drug-likeness (QED) is 0.812. The van der Waals surface area contributed by atoms with Crippen LogP contribution in [0.5, 0.6) is 0 Å². The number of carboxylic acids is 1. The van der Waals surface area contributed by atoms with Crippen LogP contribution in [0, 0.1) is 18.2 Å². The monoisotopic (exact) mass is 375 g/mol. The maximum Gasteiger partial charge on any atom is 0.406 e. The summed E-state index contributed by atoms with van der Waals surface area (Å²) in [6.45, 7) is 0.265. The molecule has 1 aliphatic heterocycles. The van der Waals surface area contributed by atoms with Gasteiger partial charge in [-0.15, -0.1) is 11.3 Å². The summed E-state index contributed by atoms with van der Waals surface area (Å²) in [6, 6.07) is 4.34. The van der Waals surface area contributed by atoms with Crippen molar-refractivity contribution in [1.82, 2.24) is 4.90 Å². The van der Waals surface area contributed by atoms with Crippen molar-refractivity contribution >= 4 is 33.3 Å². The fourth-order valence-corrected chi connectivity index (χ4v) is 4.30. The smallest absolute Gasteiger partial charge is 0.406 e. The second-order valence-corrected chi connectivity index (χ2v) is 7.08. The van der Waals surface area contributed by atoms with Crippen molar-refractivity contribution in [3.63, 3.8) is 0 Å². The normalized spacial score (nSPS) is 21.1. The highest BCUT2D eigenvalue weighted by atomic mass is 32.1. The third kappa shape index (κ3) is 2.57. The van der Waals surface area contributed by atoms with Gasteiger partial charge in [-0.2, -0.15) is 13.2 Å². The molecule has 1 fully saturated rings. The first-order chi connectivity index (χ1) is 11.6. The van der Waals surface area contributed by atoms with Gasteiger partial charge in [0.05, 0.1) is 4.88 Å². The van der Waals surface area contributed by atoms with Gasteiger partial charge in [-0.3, -0.25) is 9.59 Å². The molecule has 0 radical (unpaired) electrons. The van der Waals surface area contributed by atoms with E-state index in [1.165, 1.54) is 19.1 Å². The number of halogens is 4. The van der Waals surface area contributed by atoms with Crippen LogP contribution in [0.15, 0.2) is 18.2 Å². The van der Waals surface area contributed by atoms with Gasteiger partial charge in [0.15, 0.2) is 5.41 Å². The minimum Gasteiger partial charge on any atom is -0.481 e. The molecule has 134 valence electrons. The molecular weight excluding hydrogens is 362 g/mol. The molecule has 0 aliphatic carbocycles. The van der Waals surface area contributed by atoms with E-state index in [9.17, 15) is 27.2 Å². The molecule has 4 nitrogen and oxygen atoms in total. The Kier molecular flexibility index (Phi) is 4.02. The molecule has 1 aliphatic rings. The van der Waals surface area contributed by atoms with E-state index in [0.29, 0.717) is 10.3 Å². The van der Waals surface area contributed by atoms with Gasteiger partial charge < -0.3 is 10.0 Å². The van der Waals surface area contributed by atoms with Crippen LogP contribution in [-0.2, 0) is 4.79 Å². The van der Waals surface area contributed by atoms with E-state index in [1.807, 2.05) is 0 Å². The average molecular weight is 375 g/mol. The third-order valence-corrected chi connectivity index (χ3v) is 5.85. The molecular formula is C16H13F4NO3S. The van der Waals surface area contributed by atoms with Crippen LogP contribution in [0.1, 0.15) is 21.7 Å². The van der Waals surface area contributed by atoms with Gasteiger partial charge in [0, 0.05) is 23.2 Å². The van der Waals surface area contributed by atoms with Crippen LogP contribution >= 0.6 is 11.3 Å². The first kappa shape index (κ1) is 17.7. The lowest BCUT2D eigenvalue weighted by molar-refractivity contribution is -0.227. The molecule has 1 aromatic carbocycles. The molecule has 0 bridgehead atoms. The molecule has 1 saturated heterocycles. The van der Waals surface area contributed by atoms with Crippen LogP contribution in [0.3, 0.4) is 0 Å². The molecule has 0 saturated carbocycles. The first-order valence-corrected chi connectivity index (χ1v) is 8.17. The molecule has 1 amide bonds. The molecule has 3 rings (SSSR count). The number of hydrogen-bond acceptors (Lipinski definition) is 3. The Morgan fingerprint density at radius 1 is 1.32 bits per heavy atom. The standard InChI is InChI=1S/C16H13F4NO3S/c1-8-11-9(17)3-2-4-10(11)25-12(8)13(22)21-6-5-15(7-21,14(23)24)16(18,19)20/h2-4H,5-7H2,1H3,(H,23,24). The SMILES string of the molecule is Cc1c(C(=O)N2CCC(C(=O)O)(C(F)(F)F)C2)sc2cccc(F)c12. The second kappa shape index (κ2) is 5.69. The van der Waals surface area contributed by atoms with Crippen molar-refractivity contribution in [2.24, 2.45) is 5.41 Å². The number of amides is 1. The Bertz CT molecular complexity index is 876. The topological polar surface area (TPSA) is 57.6 Å². The number of carbonyl (C=O) groups is 2. The van der Waals surface area contributed by atoms with Gasteiger partial charge >= 0.3 is 12.1 Å². The maximum atomic E-state index is 13.9. The fourth-order valence-electron chi connectivity index (χ4n) is 3.11. The zero-order chi connectivity index (χ0) is 18.6. The van der Waals surface area contributed by atoms with Crippen molar-refractivity contribution < 1.29 is 32.3 Å². The van der Waals surface area contributed by atoms with E-state index in [0.717, 1.165) is 16.2 Å². The predicted octanol–water partition coefficient (Wildman–Crippen LogP) is 3.83. The van der Waals surface area contributed by atoms with E-state index in [4.69, 9.17) is 5.11 Å². The number of thiophene rings is 1. The number of rotatable bonds is 2. The number of likely N-dealkylation sites (tertiary alicyclic amines) is 1. The molecule has 1 aromatic heterocycles. The number of aliphatic carboxylic acids is 1. The number of carbonyl (C=O) groups excluding carboxylic acids is 1. The van der Waals surface area contributed by atoms with E-state index in [-0.39, 0.29) is 16.8 Å². The maximum absolute atomic E-state index is 13.9. The minimum atomic E-state index is -4.96. The van der Waals surface area contributed by atoms with Gasteiger partial charge in [0.1, 0.15) is 5.82 Å².